The molecule has 5 nitrogen and oxygen atoms in total. The molecule has 0 aromatic carbocycles. The molecule has 1 aliphatic carbocycles. The molecule has 3 rings (SSSR count). The van der Waals surface area contributed by atoms with Crippen molar-refractivity contribution in [1.29, 1.82) is 0 Å². The molecule has 0 bridgehead atoms. The lowest BCUT2D eigenvalue weighted by molar-refractivity contribution is -0.141. The lowest BCUT2D eigenvalue weighted by Crippen LogP contribution is -2.29. The van der Waals surface area contributed by atoms with Crippen LogP contribution in [-0.4, -0.2) is 26.7 Å². The minimum atomic E-state index is -4.65. The third kappa shape index (κ3) is 2.81. The molecule has 1 aliphatic rings. The number of halogens is 3. The first-order valence-electron chi connectivity index (χ1n) is 6.69. The number of amides is 1. The minimum Gasteiger partial charge on any atom is -0.349 e. The number of carbonyl (C=O) groups excluding carboxylic acids is 1. The van der Waals surface area contributed by atoms with E-state index in [1.54, 1.807) is 17.9 Å². The van der Waals surface area contributed by atoms with Gasteiger partial charge in [-0.1, -0.05) is 0 Å². The van der Waals surface area contributed by atoms with Crippen molar-refractivity contribution in [2.45, 2.75) is 24.6 Å². The second-order valence-corrected chi connectivity index (χ2v) is 5.23. The summed E-state index contributed by atoms with van der Waals surface area (Å²) >= 11 is 0. The molecule has 0 unspecified atom stereocenters. The standard InChI is InChI=1S/C14H13F3N4O/c1-21-6-4-10(20-21)9-7-11(9)19-13(22)8-3-2-5-18-12(8)14(15,16)17/h2-6,9,11H,7H2,1H3,(H,19,22)/t9-,11+/m0/s1. The third-order valence-electron chi connectivity index (χ3n) is 3.54. The maximum Gasteiger partial charge on any atom is 0.434 e. The molecule has 2 aromatic heterocycles. The normalized spacial score (nSPS) is 20.7. The third-order valence-corrected chi connectivity index (χ3v) is 3.54. The van der Waals surface area contributed by atoms with Crippen LogP contribution >= 0.6 is 0 Å². The summed E-state index contributed by atoms with van der Waals surface area (Å²) in [6.07, 6.45) is -1.18. The van der Waals surface area contributed by atoms with Crippen LogP contribution in [0, 0.1) is 0 Å². The van der Waals surface area contributed by atoms with Crippen molar-refractivity contribution in [3.8, 4) is 0 Å². The van der Waals surface area contributed by atoms with Gasteiger partial charge in [-0.05, 0) is 24.6 Å². The number of aryl methyl sites for hydroxylation is 1. The predicted molar refractivity (Wildman–Crippen MR) is 71.1 cm³/mol. The number of nitrogens with one attached hydrogen (secondary N) is 1. The first-order valence-corrected chi connectivity index (χ1v) is 6.69. The summed E-state index contributed by atoms with van der Waals surface area (Å²) in [7, 11) is 1.78. The molecular formula is C14H13F3N4O. The summed E-state index contributed by atoms with van der Waals surface area (Å²) in [5, 5.41) is 6.85. The maximum absolute atomic E-state index is 12.9. The Labute approximate surface area is 124 Å². The molecule has 1 N–H and O–H groups in total. The number of rotatable bonds is 3. The zero-order valence-corrected chi connectivity index (χ0v) is 11.6. The Morgan fingerprint density at radius 1 is 1.41 bits per heavy atom. The Morgan fingerprint density at radius 2 is 2.18 bits per heavy atom. The quantitative estimate of drug-likeness (QED) is 0.944. The van der Waals surface area contributed by atoms with Gasteiger partial charge in [0.25, 0.3) is 5.91 Å². The molecule has 22 heavy (non-hydrogen) atoms. The fourth-order valence-corrected chi connectivity index (χ4v) is 2.37. The molecule has 0 saturated heterocycles. The average molecular weight is 310 g/mol. The van der Waals surface area contributed by atoms with E-state index in [-0.39, 0.29) is 12.0 Å². The van der Waals surface area contributed by atoms with Gasteiger partial charge < -0.3 is 5.32 Å². The van der Waals surface area contributed by atoms with Gasteiger partial charge in [-0.25, -0.2) is 0 Å². The Balaban J connectivity index is 1.72. The van der Waals surface area contributed by atoms with Gasteiger partial charge in [-0.2, -0.15) is 18.3 Å². The van der Waals surface area contributed by atoms with Crippen LogP contribution in [0.4, 0.5) is 13.2 Å². The highest BCUT2D eigenvalue weighted by molar-refractivity contribution is 5.95. The lowest BCUT2D eigenvalue weighted by Gasteiger charge is -2.11. The van der Waals surface area contributed by atoms with Crippen LogP contribution in [0.15, 0.2) is 30.6 Å². The highest BCUT2D eigenvalue weighted by atomic mass is 19.4. The summed E-state index contributed by atoms with van der Waals surface area (Å²) in [5.74, 6) is -0.708. The van der Waals surface area contributed by atoms with Gasteiger partial charge in [0, 0.05) is 31.4 Å². The van der Waals surface area contributed by atoms with Gasteiger partial charge in [0.1, 0.15) is 0 Å². The van der Waals surface area contributed by atoms with Gasteiger partial charge in [-0.3, -0.25) is 14.5 Å². The van der Waals surface area contributed by atoms with Gasteiger partial charge in [0.15, 0.2) is 5.69 Å². The highest BCUT2D eigenvalue weighted by Crippen LogP contribution is 2.40. The van der Waals surface area contributed by atoms with Gasteiger partial charge >= 0.3 is 6.18 Å². The van der Waals surface area contributed by atoms with Crippen molar-refractivity contribution >= 4 is 5.91 Å². The predicted octanol–water partition coefficient (Wildman–Crippen LogP) is 2.12. The molecule has 0 spiro atoms. The first-order chi connectivity index (χ1) is 10.4. The number of hydrogen-bond donors (Lipinski definition) is 1. The molecule has 8 heteroatoms. The van der Waals surface area contributed by atoms with Crippen molar-refractivity contribution in [1.82, 2.24) is 20.1 Å². The molecule has 0 radical (unpaired) electrons. The Morgan fingerprint density at radius 3 is 2.82 bits per heavy atom. The van der Waals surface area contributed by atoms with Crippen molar-refractivity contribution in [3.05, 3.63) is 47.5 Å². The second-order valence-electron chi connectivity index (χ2n) is 5.23. The lowest BCUT2D eigenvalue weighted by atomic mass is 10.1. The molecule has 1 amide bonds. The van der Waals surface area contributed by atoms with Crippen LogP contribution in [0.1, 0.15) is 34.1 Å². The van der Waals surface area contributed by atoms with Crippen LogP contribution < -0.4 is 5.32 Å². The van der Waals surface area contributed by atoms with Crippen molar-refractivity contribution in [2.24, 2.45) is 7.05 Å². The highest BCUT2D eigenvalue weighted by Gasteiger charge is 2.43. The van der Waals surface area contributed by atoms with E-state index in [9.17, 15) is 18.0 Å². The van der Waals surface area contributed by atoms with E-state index in [0.29, 0.717) is 6.42 Å². The molecule has 2 atom stereocenters. The number of alkyl halides is 3. The molecule has 2 heterocycles. The summed E-state index contributed by atoms with van der Waals surface area (Å²) < 4.78 is 40.2. The molecule has 116 valence electrons. The fourth-order valence-electron chi connectivity index (χ4n) is 2.37. The van der Waals surface area contributed by atoms with Crippen molar-refractivity contribution < 1.29 is 18.0 Å². The van der Waals surface area contributed by atoms with E-state index < -0.39 is 23.3 Å². The fraction of sp³-hybridized carbons (Fsp3) is 0.357. The molecular weight excluding hydrogens is 297 g/mol. The maximum atomic E-state index is 12.9. The minimum absolute atomic E-state index is 0.0520. The zero-order valence-electron chi connectivity index (χ0n) is 11.6. The number of pyridine rings is 1. The van der Waals surface area contributed by atoms with E-state index in [2.05, 4.69) is 15.4 Å². The van der Waals surface area contributed by atoms with E-state index in [0.717, 1.165) is 18.0 Å². The van der Waals surface area contributed by atoms with E-state index in [1.807, 2.05) is 6.07 Å². The Hall–Kier alpha value is -2.38. The van der Waals surface area contributed by atoms with Gasteiger partial charge in [0.05, 0.1) is 11.3 Å². The van der Waals surface area contributed by atoms with E-state index in [4.69, 9.17) is 0 Å². The number of nitrogens with zero attached hydrogens (tertiary/aromatic N) is 3. The number of carbonyl (C=O) groups is 1. The van der Waals surface area contributed by atoms with E-state index >= 15 is 0 Å². The summed E-state index contributed by atoms with van der Waals surface area (Å²) in [4.78, 5) is 15.3. The molecule has 1 fully saturated rings. The molecule has 0 aliphatic heterocycles. The summed E-state index contributed by atoms with van der Waals surface area (Å²) in [6.45, 7) is 0. The SMILES string of the molecule is Cn1ccc([C@@H]2C[C@H]2NC(=O)c2cccnc2C(F)(F)F)n1. The Bertz CT molecular complexity index is 710. The molecule has 1 saturated carbocycles. The van der Waals surface area contributed by atoms with Gasteiger partial charge in [-0.15, -0.1) is 0 Å². The van der Waals surface area contributed by atoms with Crippen LogP contribution in [0.5, 0.6) is 0 Å². The second kappa shape index (κ2) is 5.11. The van der Waals surface area contributed by atoms with E-state index in [1.165, 1.54) is 6.07 Å². The van der Waals surface area contributed by atoms with Crippen molar-refractivity contribution in [3.63, 3.8) is 0 Å². The number of aromatic nitrogens is 3. The Kier molecular flexibility index (Phi) is 3.38. The zero-order chi connectivity index (χ0) is 15.9. The smallest absolute Gasteiger partial charge is 0.349 e. The largest absolute Gasteiger partial charge is 0.434 e. The monoisotopic (exact) mass is 310 g/mol. The van der Waals surface area contributed by atoms with Crippen molar-refractivity contribution in [2.75, 3.05) is 0 Å². The van der Waals surface area contributed by atoms with Gasteiger partial charge in [0.2, 0.25) is 0 Å². The summed E-state index contributed by atoms with van der Waals surface area (Å²) in [6, 6.07) is 4.09. The van der Waals surface area contributed by atoms with Crippen LogP contribution in [0.3, 0.4) is 0 Å². The average Bonchev–Trinajstić information content (AvgIpc) is 3.08. The first kappa shape index (κ1) is 14.6. The topological polar surface area (TPSA) is 59.8 Å². The van der Waals surface area contributed by atoms with Crippen LogP contribution in [0.2, 0.25) is 0 Å². The van der Waals surface area contributed by atoms with Crippen LogP contribution in [-0.2, 0) is 13.2 Å². The summed E-state index contributed by atoms with van der Waals surface area (Å²) in [5.41, 5.74) is -0.792. The van der Waals surface area contributed by atoms with Crippen LogP contribution in [0.25, 0.3) is 0 Å². The number of hydrogen-bond acceptors (Lipinski definition) is 3. The molecule has 2 aromatic rings.